The van der Waals surface area contributed by atoms with Gasteiger partial charge in [0.05, 0.1) is 0 Å². The van der Waals surface area contributed by atoms with Crippen molar-refractivity contribution in [1.29, 1.82) is 0 Å². The second-order valence-electron chi connectivity index (χ2n) is 3.18. The monoisotopic (exact) mass is 257 g/mol. The van der Waals surface area contributed by atoms with E-state index < -0.39 is 0 Å². The molecule has 0 saturated heterocycles. The molecule has 0 aliphatic heterocycles. The Morgan fingerprint density at radius 1 is 1.50 bits per heavy atom. The number of ketones is 1. The van der Waals surface area contributed by atoms with E-state index in [0.717, 1.165) is 17.2 Å². The molecule has 3 nitrogen and oxygen atoms in total. The van der Waals surface area contributed by atoms with Crippen molar-refractivity contribution in [3.05, 3.63) is 24.4 Å². The third-order valence-corrected chi connectivity index (χ3v) is 3.96. The van der Waals surface area contributed by atoms with Crippen molar-refractivity contribution < 1.29 is 9.53 Å². The Labute approximate surface area is 104 Å². The summed E-state index contributed by atoms with van der Waals surface area (Å²) in [6.07, 6.45) is 2.75. The normalized spacial score (nSPS) is 10.3. The Kier molecular flexibility index (Phi) is 7.29. The highest BCUT2D eigenvalue weighted by atomic mass is 33.1. The molecule has 16 heavy (non-hydrogen) atoms. The van der Waals surface area contributed by atoms with Gasteiger partial charge in [-0.3, -0.25) is 4.79 Å². The summed E-state index contributed by atoms with van der Waals surface area (Å²) in [6.45, 7) is 2.42. The number of carbonyl (C=O) groups is 1. The maximum absolute atomic E-state index is 10.6. The zero-order chi connectivity index (χ0) is 11.6. The first-order valence-electron chi connectivity index (χ1n) is 5.06. The SMILES string of the molecule is CC(=O)COCCCSSc1ccccn1. The summed E-state index contributed by atoms with van der Waals surface area (Å²) in [4.78, 5) is 14.8. The second-order valence-corrected chi connectivity index (χ2v) is 5.62. The van der Waals surface area contributed by atoms with E-state index in [1.165, 1.54) is 6.92 Å². The van der Waals surface area contributed by atoms with Gasteiger partial charge < -0.3 is 4.74 Å². The van der Waals surface area contributed by atoms with Crippen LogP contribution in [0.3, 0.4) is 0 Å². The predicted molar refractivity (Wildman–Crippen MR) is 68.7 cm³/mol. The molecule has 5 heteroatoms. The van der Waals surface area contributed by atoms with Crippen LogP contribution in [-0.2, 0) is 9.53 Å². The Bertz CT molecular complexity index is 306. The average molecular weight is 257 g/mol. The zero-order valence-electron chi connectivity index (χ0n) is 9.22. The van der Waals surface area contributed by atoms with E-state index in [1.54, 1.807) is 27.8 Å². The summed E-state index contributed by atoms with van der Waals surface area (Å²) in [5.41, 5.74) is 0. The Balaban J connectivity index is 1.94. The summed E-state index contributed by atoms with van der Waals surface area (Å²) < 4.78 is 5.16. The minimum Gasteiger partial charge on any atom is -0.374 e. The fraction of sp³-hybridized carbons (Fsp3) is 0.455. The molecule has 0 aliphatic rings. The Morgan fingerprint density at radius 3 is 3.06 bits per heavy atom. The first kappa shape index (κ1) is 13.5. The number of hydrogen-bond acceptors (Lipinski definition) is 5. The molecule has 0 atom stereocenters. The van der Waals surface area contributed by atoms with Crippen LogP contribution in [-0.4, -0.2) is 29.7 Å². The van der Waals surface area contributed by atoms with Crippen LogP contribution in [0.2, 0.25) is 0 Å². The molecule has 0 unspecified atom stereocenters. The van der Waals surface area contributed by atoms with Gasteiger partial charge in [-0.2, -0.15) is 0 Å². The summed E-state index contributed by atoms with van der Waals surface area (Å²) >= 11 is 0. The largest absolute Gasteiger partial charge is 0.374 e. The molecule has 0 fully saturated rings. The van der Waals surface area contributed by atoms with E-state index >= 15 is 0 Å². The van der Waals surface area contributed by atoms with E-state index in [0.29, 0.717) is 6.61 Å². The lowest BCUT2D eigenvalue weighted by molar-refractivity contribution is -0.121. The molecule has 1 heterocycles. The number of aromatic nitrogens is 1. The molecule has 88 valence electrons. The van der Waals surface area contributed by atoms with Gasteiger partial charge in [-0.25, -0.2) is 4.98 Å². The molecule has 1 aromatic heterocycles. The highest BCUT2D eigenvalue weighted by molar-refractivity contribution is 8.76. The van der Waals surface area contributed by atoms with Crippen LogP contribution in [0.4, 0.5) is 0 Å². The van der Waals surface area contributed by atoms with Gasteiger partial charge in [0, 0.05) is 18.6 Å². The van der Waals surface area contributed by atoms with Crippen LogP contribution in [0.15, 0.2) is 29.4 Å². The topological polar surface area (TPSA) is 39.2 Å². The average Bonchev–Trinajstić information content (AvgIpc) is 2.29. The number of rotatable bonds is 8. The van der Waals surface area contributed by atoms with Crippen molar-refractivity contribution in [3.63, 3.8) is 0 Å². The molecular weight excluding hydrogens is 242 g/mol. The highest BCUT2D eigenvalue weighted by Gasteiger charge is 1.96. The third kappa shape index (κ3) is 6.87. The third-order valence-electron chi connectivity index (χ3n) is 1.60. The van der Waals surface area contributed by atoms with Gasteiger partial charge in [0.1, 0.15) is 11.6 Å². The molecule has 0 aromatic carbocycles. The summed E-state index contributed by atoms with van der Waals surface area (Å²) in [6, 6.07) is 5.88. The number of carbonyl (C=O) groups excluding carboxylic acids is 1. The summed E-state index contributed by atoms with van der Waals surface area (Å²) in [5.74, 6) is 1.08. The van der Waals surface area contributed by atoms with Gasteiger partial charge in [-0.15, -0.1) is 0 Å². The molecule has 0 spiro atoms. The van der Waals surface area contributed by atoms with Crippen LogP contribution in [0.5, 0.6) is 0 Å². The van der Waals surface area contributed by atoms with Gasteiger partial charge >= 0.3 is 0 Å². The van der Waals surface area contributed by atoms with E-state index in [4.69, 9.17) is 4.74 Å². The molecular formula is C11H15NO2S2. The standard InChI is InChI=1S/C11H15NO2S2/c1-10(13)9-14-7-4-8-15-16-11-5-2-3-6-12-11/h2-3,5-6H,4,7-9H2,1H3. The van der Waals surface area contributed by atoms with E-state index in [1.807, 2.05) is 18.2 Å². The highest BCUT2D eigenvalue weighted by Crippen LogP contribution is 2.29. The van der Waals surface area contributed by atoms with Gasteiger partial charge in [-0.1, -0.05) is 16.9 Å². The van der Waals surface area contributed by atoms with E-state index in [9.17, 15) is 4.79 Å². The van der Waals surface area contributed by atoms with Crippen LogP contribution >= 0.6 is 21.6 Å². The fourth-order valence-corrected chi connectivity index (χ4v) is 2.87. The quantitative estimate of drug-likeness (QED) is 0.529. The number of hydrogen-bond donors (Lipinski definition) is 0. The van der Waals surface area contributed by atoms with Gasteiger partial charge in [0.15, 0.2) is 5.78 Å². The lowest BCUT2D eigenvalue weighted by Crippen LogP contribution is -2.05. The fourth-order valence-electron chi connectivity index (χ4n) is 0.934. The van der Waals surface area contributed by atoms with Gasteiger partial charge in [0.25, 0.3) is 0 Å². The lowest BCUT2D eigenvalue weighted by atomic mass is 10.5. The molecule has 1 aromatic rings. The number of pyridine rings is 1. The smallest absolute Gasteiger partial charge is 0.155 e. The molecule has 0 saturated carbocycles. The maximum atomic E-state index is 10.6. The predicted octanol–water partition coefficient (Wildman–Crippen LogP) is 2.82. The van der Waals surface area contributed by atoms with Crippen LogP contribution in [0, 0.1) is 0 Å². The van der Waals surface area contributed by atoms with E-state index in [-0.39, 0.29) is 12.4 Å². The maximum Gasteiger partial charge on any atom is 0.155 e. The zero-order valence-corrected chi connectivity index (χ0v) is 10.9. The Hall–Kier alpha value is -0.520. The minimum atomic E-state index is 0.0792. The van der Waals surface area contributed by atoms with Gasteiger partial charge in [0.2, 0.25) is 0 Å². The molecule has 0 radical (unpaired) electrons. The van der Waals surface area contributed by atoms with Crippen LogP contribution in [0.1, 0.15) is 13.3 Å². The summed E-state index contributed by atoms with van der Waals surface area (Å²) in [7, 11) is 3.42. The van der Waals surface area contributed by atoms with Gasteiger partial charge in [-0.05, 0) is 36.3 Å². The van der Waals surface area contributed by atoms with Crippen molar-refractivity contribution in [3.8, 4) is 0 Å². The number of nitrogens with zero attached hydrogens (tertiary/aromatic N) is 1. The molecule has 0 bridgehead atoms. The van der Waals surface area contributed by atoms with Crippen molar-refractivity contribution >= 4 is 27.4 Å². The molecule has 0 aliphatic carbocycles. The summed E-state index contributed by atoms with van der Waals surface area (Å²) in [5, 5.41) is 1.03. The van der Waals surface area contributed by atoms with Crippen molar-refractivity contribution in [2.75, 3.05) is 19.0 Å². The van der Waals surface area contributed by atoms with Crippen molar-refractivity contribution in [2.24, 2.45) is 0 Å². The first-order chi connectivity index (χ1) is 7.79. The Morgan fingerprint density at radius 2 is 2.38 bits per heavy atom. The van der Waals surface area contributed by atoms with Crippen molar-refractivity contribution in [2.45, 2.75) is 18.4 Å². The first-order valence-corrected chi connectivity index (χ1v) is 7.38. The lowest BCUT2D eigenvalue weighted by Gasteiger charge is -2.01. The van der Waals surface area contributed by atoms with Crippen molar-refractivity contribution in [1.82, 2.24) is 4.98 Å². The van der Waals surface area contributed by atoms with Crippen LogP contribution < -0.4 is 0 Å². The van der Waals surface area contributed by atoms with E-state index in [2.05, 4.69) is 4.98 Å². The molecule has 1 rings (SSSR count). The number of Topliss-reactive ketones (excluding diaryl/α,β-unsaturated/α-hetero) is 1. The minimum absolute atomic E-state index is 0.0792. The number of ether oxygens (including phenoxy) is 1. The second kappa shape index (κ2) is 8.61. The molecule has 0 N–H and O–H groups in total. The van der Waals surface area contributed by atoms with Crippen LogP contribution in [0.25, 0.3) is 0 Å². The molecule has 0 amide bonds.